The molecule has 1 fully saturated rings. The van der Waals surface area contributed by atoms with Crippen molar-refractivity contribution in [3.05, 3.63) is 104 Å². The number of hydrogen-bond donors (Lipinski definition) is 0. The summed E-state index contributed by atoms with van der Waals surface area (Å²) in [6, 6.07) is 11.8. The first-order valence-corrected chi connectivity index (χ1v) is 10.6. The molecule has 0 spiro atoms. The minimum absolute atomic E-state index is 0.0289. The Hall–Kier alpha value is -4.11. The zero-order chi connectivity index (χ0) is 24.3. The van der Waals surface area contributed by atoms with Gasteiger partial charge in [0.2, 0.25) is 0 Å². The van der Waals surface area contributed by atoms with Crippen LogP contribution in [-0.4, -0.2) is 33.6 Å². The van der Waals surface area contributed by atoms with Crippen molar-refractivity contribution in [2.75, 3.05) is 4.90 Å². The van der Waals surface area contributed by atoms with Crippen LogP contribution in [0.25, 0.3) is 0 Å². The van der Waals surface area contributed by atoms with Crippen molar-refractivity contribution in [3.8, 4) is 0 Å². The average molecular weight is 480 g/mol. The highest BCUT2D eigenvalue weighted by Gasteiger charge is 2.57. The molecule has 0 bridgehead atoms. The van der Waals surface area contributed by atoms with E-state index in [1.807, 2.05) is 0 Å². The van der Waals surface area contributed by atoms with Crippen molar-refractivity contribution >= 4 is 40.7 Å². The van der Waals surface area contributed by atoms with E-state index in [1.54, 1.807) is 31.2 Å². The van der Waals surface area contributed by atoms with Gasteiger partial charge in [0.25, 0.3) is 23.4 Å². The third kappa shape index (κ3) is 3.08. The van der Waals surface area contributed by atoms with Crippen molar-refractivity contribution in [2.45, 2.75) is 19.0 Å². The van der Waals surface area contributed by atoms with Gasteiger partial charge in [-0.05, 0) is 48.4 Å². The fourth-order valence-corrected chi connectivity index (χ4v) is 4.66. The number of halogens is 2. The second-order valence-corrected chi connectivity index (χ2v) is 8.41. The molecule has 34 heavy (non-hydrogen) atoms. The molecule has 2 aliphatic rings. The SMILES string of the molecule is Cc1c(Cl)cccc1N1C(=O)[C@H](N2C(=O)c3ccc([N+](=O)[O-])cc3C2=O)[C@H]1c1cccc(F)c1. The molecule has 2 heterocycles. The maximum atomic E-state index is 14.1. The lowest BCUT2D eigenvalue weighted by atomic mass is 9.85. The number of imide groups is 1. The van der Waals surface area contributed by atoms with Crippen LogP contribution >= 0.6 is 11.6 Å². The number of amides is 3. The van der Waals surface area contributed by atoms with Crippen LogP contribution in [0.4, 0.5) is 15.8 Å². The van der Waals surface area contributed by atoms with Crippen LogP contribution in [-0.2, 0) is 4.79 Å². The minimum Gasteiger partial charge on any atom is -0.300 e. The van der Waals surface area contributed by atoms with Gasteiger partial charge >= 0.3 is 0 Å². The van der Waals surface area contributed by atoms with Gasteiger partial charge < -0.3 is 4.90 Å². The molecular formula is C24H15ClFN3O5. The highest BCUT2D eigenvalue weighted by atomic mass is 35.5. The van der Waals surface area contributed by atoms with E-state index in [1.165, 1.54) is 29.2 Å². The summed E-state index contributed by atoms with van der Waals surface area (Å²) >= 11 is 6.25. The number of nitrogens with zero attached hydrogens (tertiary/aromatic N) is 3. The predicted octanol–water partition coefficient (Wildman–Crippen LogP) is 4.45. The lowest BCUT2D eigenvalue weighted by Gasteiger charge is -2.50. The summed E-state index contributed by atoms with van der Waals surface area (Å²) < 4.78 is 14.1. The normalized spacial score (nSPS) is 19.3. The molecule has 0 aromatic heterocycles. The molecule has 10 heteroatoms. The smallest absolute Gasteiger partial charge is 0.270 e. The Kier molecular flexibility index (Phi) is 4.94. The van der Waals surface area contributed by atoms with Gasteiger partial charge in [-0.25, -0.2) is 4.39 Å². The summed E-state index contributed by atoms with van der Waals surface area (Å²) in [5.41, 5.74) is 0.929. The highest BCUT2D eigenvalue weighted by Crippen LogP contribution is 2.46. The van der Waals surface area contributed by atoms with E-state index in [9.17, 15) is 28.9 Å². The van der Waals surface area contributed by atoms with E-state index in [4.69, 9.17) is 11.6 Å². The maximum absolute atomic E-state index is 14.1. The summed E-state index contributed by atoms with van der Waals surface area (Å²) in [6.45, 7) is 1.72. The summed E-state index contributed by atoms with van der Waals surface area (Å²) in [4.78, 5) is 52.4. The van der Waals surface area contributed by atoms with E-state index < -0.39 is 40.5 Å². The zero-order valence-electron chi connectivity index (χ0n) is 17.6. The molecule has 1 saturated heterocycles. The Balaban J connectivity index is 1.61. The van der Waals surface area contributed by atoms with Crippen molar-refractivity contribution in [2.24, 2.45) is 0 Å². The third-order valence-electron chi connectivity index (χ3n) is 6.15. The van der Waals surface area contributed by atoms with E-state index in [-0.39, 0.29) is 16.8 Å². The molecule has 0 saturated carbocycles. The number of fused-ring (bicyclic) bond motifs is 1. The number of carbonyl (C=O) groups excluding carboxylic acids is 3. The molecule has 8 nitrogen and oxygen atoms in total. The molecule has 0 unspecified atom stereocenters. The largest absolute Gasteiger partial charge is 0.300 e. The molecule has 2 atom stereocenters. The van der Waals surface area contributed by atoms with Gasteiger partial charge in [-0.2, -0.15) is 0 Å². The first-order valence-electron chi connectivity index (χ1n) is 10.2. The molecule has 0 N–H and O–H groups in total. The molecule has 170 valence electrons. The van der Waals surface area contributed by atoms with E-state index in [2.05, 4.69) is 0 Å². The lowest BCUT2D eigenvalue weighted by molar-refractivity contribution is -0.384. The Morgan fingerprint density at radius 3 is 2.32 bits per heavy atom. The van der Waals surface area contributed by atoms with Crippen molar-refractivity contribution in [1.82, 2.24) is 4.90 Å². The van der Waals surface area contributed by atoms with Gasteiger partial charge in [-0.1, -0.05) is 29.8 Å². The number of anilines is 1. The van der Waals surface area contributed by atoms with Crippen LogP contribution in [0.15, 0.2) is 60.7 Å². The number of rotatable bonds is 4. The summed E-state index contributed by atoms with van der Waals surface area (Å²) in [7, 11) is 0. The van der Waals surface area contributed by atoms with Gasteiger partial charge in [-0.15, -0.1) is 0 Å². The second-order valence-electron chi connectivity index (χ2n) is 8.00. The van der Waals surface area contributed by atoms with Crippen molar-refractivity contribution in [3.63, 3.8) is 0 Å². The van der Waals surface area contributed by atoms with Gasteiger partial charge in [0.1, 0.15) is 11.9 Å². The fourth-order valence-electron chi connectivity index (χ4n) is 4.49. The predicted molar refractivity (Wildman–Crippen MR) is 120 cm³/mol. The van der Waals surface area contributed by atoms with Crippen LogP contribution in [0.3, 0.4) is 0 Å². The molecular weight excluding hydrogens is 465 g/mol. The summed E-state index contributed by atoms with van der Waals surface area (Å²) in [5.74, 6) is -2.65. The third-order valence-corrected chi connectivity index (χ3v) is 6.56. The molecule has 0 radical (unpaired) electrons. The molecule has 2 aliphatic heterocycles. The van der Waals surface area contributed by atoms with Gasteiger partial charge in [0, 0.05) is 22.8 Å². The summed E-state index contributed by atoms with van der Waals surface area (Å²) in [5, 5.41) is 11.6. The number of carbonyl (C=O) groups is 3. The fraction of sp³-hybridized carbons (Fsp3) is 0.125. The molecule has 3 aromatic rings. The topological polar surface area (TPSA) is 101 Å². The lowest BCUT2D eigenvalue weighted by Crippen LogP contribution is -2.67. The Morgan fingerprint density at radius 2 is 1.62 bits per heavy atom. The maximum Gasteiger partial charge on any atom is 0.270 e. The average Bonchev–Trinajstić information content (AvgIpc) is 3.04. The van der Waals surface area contributed by atoms with E-state index in [0.29, 0.717) is 21.8 Å². The number of nitro benzene ring substituents is 1. The number of hydrogen-bond acceptors (Lipinski definition) is 5. The number of non-ortho nitro benzene ring substituents is 1. The Morgan fingerprint density at radius 1 is 0.912 bits per heavy atom. The molecule has 5 rings (SSSR count). The quantitative estimate of drug-likeness (QED) is 0.238. The molecule has 3 amide bonds. The van der Waals surface area contributed by atoms with Gasteiger partial charge in [0.15, 0.2) is 0 Å². The van der Waals surface area contributed by atoms with Crippen LogP contribution in [0.2, 0.25) is 5.02 Å². The Bertz CT molecular complexity index is 1430. The first-order chi connectivity index (χ1) is 16.2. The Labute approximate surface area is 197 Å². The highest BCUT2D eigenvalue weighted by molar-refractivity contribution is 6.32. The number of nitro groups is 1. The molecule has 0 aliphatic carbocycles. The van der Waals surface area contributed by atoms with Crippen LogP contribution < -0.4 is 4.90 Å². The van der Waals surface area contributed by atoms with Crippen LogP contribution in [0, 0.1) is 22.9 Å². The first kappa shape index (κ1) is 21.7. The van der Waals surface area contributed by atoms with Gasteiger partial charge in [0.05, 0.1) is 22.1 Å². The van der Waals surface area contributed by atoms with E-state index in [0.717, 1.165) is 17.0 Å². The standard InChI is InChI=1S/C24H15ClFN3O5/c1-12-18(25)6-3-7-19(12)27-20(13-4-2-5-14(26)10-13)21(24(27)32)28-22(30)16-9-8-15(29(33)34)11-17(16)23(28)31/h2-11,20-21H,1H3/t20-,21-/m1/s1. The van der Waals surface area contributed by atoms with Crippen LogP contribution in [0.5, 0.6) is 0 Å². The zero-order valence-corrected chi connectivity index (χ0v) is 18.3. The van der Waals surface area contributed by atoms with Gasteiger partial charge in [-0.3, -0.25) is 29.4 Å². The molecule has 3 aromatic carbocycles. The number of benzene rings is 3. The number of β-lactam (4-membered cyclic amide) rings is 1. The van der Waals surface area contributed by atoms with Crippen molar-refractivity contribution < 1.29 is 23.7 Å². The second kappa shape index (κ2) is 7.74. The van der Waals surface area contributed by atoms with Crippen LogP contribution in [0.1, 0.15) is 37.9 Å². The minimum atomic E-state index is -1.26. The van der Waals surface area contributed by atoms with E-state index >= 15 is 0 Å². The summed E-state index contributed by atoms with van der Waals surface area (Å²) in [6.07, 6.45) is 0. The monoisotopic (exact) mass is 479 g/mol. The van der Waals surface area contributed by atoms with Crippen molar-refractivity contribution in [1.29, 1.82) is 0 Å².